The van der Waals surface area contributed by atoms with Crippen molar-refractivity contribution < 1.29 is 4.74 Å². The molecule has 1 aliphatic carbocycles. The summed E-state index contributed by atoms with van der Waals surface area (Å²) in [4.78, 5) is 2.68. The van der Waals surface area contributed by atoms with E-state index >= 15 is 0 Å². The van der Waals surface area contributed by atoms with E-state index in [-0.39, 0.29) is 0 Å². The molecule has 0 aromatic heterocycles. The van der Waals surface area contributed by atoms with Crippen LogP contribution < -0.4 is 0 Å². The van der Waals surface area contributed by atoms with Crippen molar-refractivity contribution in [1.29, 1.82) is 0 Å². The van der Waals surface area contributed by atoms with E-state index < -0.39 is 0 Å². The number of hydrogen-bond donors (Lipinski definition) is 0. The molecule has 2 rings (SSSR count). The van der Waals surface area contributed by atoms with Gasteiger partial charge in [0.05, 0.1) is 12.7 Å². The summed E-state index contributed by atoms with van der Waals surface area (Å²) in [6.45, 7) is 6.52. The summed E-state index contributed by atoms with van der Waals surface area (Å²) in [7, 11) is 0. The van der Waals surface area contributed by atoms with Crippen LogP contribution >= 0.6 is 0 Å². The monoisotopic (exact) mass is 197 g/mol. The molecule has 1 aliphatic heterocycles. The zero-order valence-electron chi connectivity index (χ0n) is 9.54. The number of nitrogens with zero attached hydrogens (tertiary/aromatic N) is 1. The van der Waals surface area contributed by atoms with Gasteiger partial charge in [0.1, 0.15) is 0 Å². The van der Waals surface area contributed by atoms with Crippen molar-refractivity contribution in [1.82, 2.24) is 4.90 Å². The second kappa shape index (κ2) is 4.63. The van der Waals surface area contributed by atoms with E-state index in [1.807, 2.05) is 0 Å². The summed E-state index contributed by atoms with van der Waals surface area (Å²) in [5.74, 6) is 0. The van der Waals surface area contributed by atoms with Crippen LogP contribution in [0.5, 0.6) is 0 Å². The van der Waals surface area contributed by atoms with Gasteiger partial charge in [-0.3, -0.25) is 4.90 Å². The third kappa shape index (κ3) is 2.29. The molecular formula is C12H23NO. The fraction of sp³-hybridized carbons (Fsp3) is 1.00. The fourth-order valence-electron chi connectivity index (χ4n) is 2.66. The second-order valence-electron chi connectivity index (χ2n) is 5.00. The van der Waals surface area contributed by atoms with Gasteiger partial charge in [-0.2, -0.15) is 0 Å². The Morgan fingerprint density at radius 1 is 1.21 bits per heavy atom. The Hall–Kier alpha value is -0.0800. The van der Waals surface area contributed by atoms with E-state index in [0.717, 1.165) is 18.7 Å². The minimum Gasteiger partial charge on any atom is -0.377 e. The maximum Gasteiger partial charge on any atom is 0.0625 e. The van der Waals surface area contributed by atoms with E-state index in [1.165, 1.54) is 38.6 Å². The predicted molar refractivity (Wildman–Crippen MR) is 58.5 cm³/mol. The molecule has 1 saturated heterocycles. The lowest BCUT2D eigenvalue weighted by Crippen LogP contribution is -2.54. The van der Waals surface area contributed by atoms with Crippen LogP contribution in [0.15, 0.2) is 0 Å². The Morgan fingerprint density at radius 2 is 1.93 bits per heavy atom. The number of likely N-dealkylation sites (tertiary alicyclic amines) is 1. The number of hydrogen-bond acceptors (Lipinski definition) is 2. The highest BCUT2D eigenvalue weighted by Gasteiger charge is 2.35. The molecule has 0 aromatic rings. The van der Waals surface area contributed by atoms with Crippen LogP contribution in [0.25, 0.3) is 0 Å². The lowest BCUT2D eigenvalue weighted by atomic mass is 9.99. The Kier molecular flexibility index (Phi) is 3.45. The Bertz CT molecular complexity index is 175. The summed E-state index contributed by atoms with van der Waals surface area (Å²) in [6, 6.07) is 1.63. The fourth-order valence-corrected chi connectivity index (χ4v) is 2.66. The van der Waals surface area contributed by atoms with Gasteiger partial charge in [0.15, 0.2) is 0 Å². The van der Waals surface area contributed by atoms with Crippen molar-refractivity contribution in [3.8, 4) is 0 Å². The van der Waals surface area contributed by atoms with Gasteiger partial charge in [0.25, 0.3) is 0 Å². The van der Waals surface area contributed by atoms with Crippen molar-refractivity contribution in [3.63, 3.8) is 0 Å². The highest BCUT2D eigenvalue weighted by atomic mass is 16.5. The van der Waals surface area contributed by atoms with Crippen LogP contribution in [-0.2, 0) is 4.74 Å². The van der Waals surface area contributed by atoms with Crippen LogP contribution in [-0.4, -0.2) is 36.2 Å². The van der Waals surface area contributed by atoms with Crippen LogP contribution in [0, 0.1) is 0 Å². The quantitative estimate of drug-likeness (QED) is 0.686. The van der Waals surface area contributed by atoms with E-state index in [4.69, 9.17) is 4.74 Å². The van der Waals surface area contributed by atoms with Gasteiger partial charge >= 0.3 is 0 Å². The highest BCUT2D eigenvalue weighted by molar-refractivity contribution is 4.90. The molecular weight excluding hydrogens is 174 g/mol. The zero-order chi connectivity index (χ0) is 9.97. The molecule has 1 saturated carbocycles. The molecule has 0 amide bonds. The normalized spacial score (nSPS) is 29.8. The van der Waals surface area contributed by atoms with Gasteiger partial charge in [-0.1, -0.05) is 12.8 Å². The van der Waals surface area contributed by atoms with E-state index in [2.05, 4.69) is 18.7 Å². The Labute approximate surface area is 87.6 Å². The van der Waals surface area contributed by atoms with Crippen LogP contribution in [0.2, 0.25) is 0 Å². The van der Waals surface area contributed by atoms with Crippen LogP contribution in [0.4, 0.5) is 0 Å². The lowest BCUT2D eigenvalue weighted by molar-refractivity contribution is -0.0368. The smallest absolute Gasteiger partial charge is 0.0625 e. The van der Waals surface area contributed by atoms with Crippen molar-refractivity contribution in [2.75, 3.05) is 13.2 Å². The molecule has 2 aliphatic rings. The Balaban J connectivity index is 1.72. The third-order valence-electron chi connectivity index (χ3n) is 3.61. The van der Waals surface area contributed by atoms with Crippen molar-refractivity contribution >= 4 is 0 Å². The van der Waals surface area contributed by atoms with Gasteiger partial charge in [0.2, 0.25) is 0 Å². The molecule has 1 unspecified atom stereocenters. The lowest BCUT2D eigenvalue weighted by Gasteiger charge is -2.45. The van der Waals surface area contributed by atoms with Crippen LogP contribution in [0.1, 0.15) is 46.0 Å². The summed E-state index contributed by atoms with van der Waals surface area (Å²) in [6.07, 6.45) is 7.48. The maximum atomic E-state index is 5.69. The second-order valence-corrected chi connectivity index (χ2v) is 5.00. The average molecular weight is 197 g/mol. The average Bonchev–Trinajstić information content (AvgIpc) is 2.54. The maximum absolute atomic E-state index is 5.69. The molecule has 2 nitrogen and oxygen atoms in total. The first-order chi connectivity index (χ1) is 6.77. The summed E-state index contributed by atoms with van der Waals surface area (Å²) < 4.78 is 5.69. The molecule has 82 valence electrons. The molecule has 1 atom stereocenters. The van der Waals surface area contributed by atoms with Gasteiger partial charge < -0.3 is 4.74 Å². The van der Waals surface area contributed by atoms with Crippen molar-refractivity contribution in [3.05, 3.63) is 0 Å². The first-order valence-corrected chi connectivity index (χ1v) is 6.14. The molecule has 0 bridgehead atoms. The van der Waals surface area contributed by atoms with Crippen LogP contribution in [0.3, 0.4) is 0 Å². The largest absolute Gasteiger partial charge is 0.377 e. The molecule has 2 heteroatoms. The molecule has 1 heterocycles. The van der Waals surface area contributed by atoms with Crippen molar-refractivity contribution in [2.45, 2.75) is 64.1 Å². The SMILES string of the molecule is CC(C)OCC1CCN1C1CCCC1. The standard InChI is InChI=1S/C12H23NO/c1-10(2)14-9-12-7-8-13(12)11-5-3-4-6-11/h10-12H,3-9H2,1-2H3. The zero-order valence-corrected chi connectivity index (χ0v) is 9.54. The van der Waals surface area contributed by atoms with E-state index in [9.17, 15) is 0 Å². The topological polar surface area (TPSA) is 12.5 Å². The molecule has 14 heavy (non-hydrogen) atoms. The first kappa shape index (κ1) is 10.4. The minimum absolute atomic E-state index is 0.390. The minimum atomic E-state index is 0.390. The molecule has 0 aromatic carbocycles. The van der Waals surface area contributed by atoms with E-state index in [0.29, 0.717) is 6.10 Å². The summed E-state index contributed by atoms with van der Waals surface area (Å²) >= 11 is 0. The van der Waals surface area contributed by atoms with Gasteiger partial charge in [-0.15, -0.1) is 0 Å². The van der Waals surface area contributed by atoms with Gasteiger partial charge in [0, 0.05) is 18.6 Å². The molecule has 0 N–H and O–H groups in total. The molecule has 0 spiro atoms. The first-order valence-electron chi connectivity index (χ1n) is 6.14. The number of ether oxygens (including phenoxy) is 1. The third-order valence-corrected chi connectivity index (χ3v) is 3.61. The molecule has 0 radical (unpaired) electrons. The number of rotatable bonds is 4. The van der Waals surface area contributed by atoms with E-state index in [1.54, 1.807) is 0 Å². The van der Waals surface area contributed by atoms with Gasteiger partial charge in [-0.25, -0.2) is 0 Å². The highest BCUT2D eigenvalue weighted by Crippen LogP contribution is 2.30. The van der Waals surface area contributed by atoms with Gasteiger partial charge in [-0.05, 0) is 33.1 Å². The van der Waals surface area contributed by atoms with Crippen molar-refractivity contribution in [2.24, 2.45) is 0 Å². The summed E-state index contributed by atoms with van der Waals surface area (Å²) in [5.41, 5.74) is 0. The Morgan fingerprint density at radius 3 is 2.43 bits per heavy atom. The predicted octanol–water partition coefficient (Wildman–Crippen LogP) is 2.43. The summed E-state index contributed by atoms with van der Waals surface area (Å²) in [5, 5.41) is 0. The molecule has 2 fully saturated rings.